The third-order valence-electron chi connectivity index (χ3n) is 5.35. The van der Waals surface area contributed by atoms with Gasteiger partial charge in [0.2, 0.25) is 0 Å². The van der Waals surface area contributed by atoms with Gasteiger partial charge in [0.25, 0.3) is 0 Å². The number of fused-ring (bicyclic) bond motifs is 1. The molecule has 0 radical (unpaired) electrons. The molecule has 1 aliphatic heterocycles. The van der Waals surface area contributed by atoms with Crippen LogP contribution in [0.5, 0.6) is 0 Å². The van der Waals surface area contributed by atoms with Crippen LogP contribution in [-0.4, -0.2) is 19.2 Å². The standard InChI is InChI=1S/C25H25ClN2O2/c1-18-6-4-9-22(16-18)27-25(29)30-24(20-11-13-21(26)14-12-20)17-28-15-5-8-19-7-2-3-10-23(19)28/h2-4,6-7,9-14,16,24H,5,8,15,17H2,1H3,(H,27,29). The van der Waals surface area contributed by atoms with Crippen molar-refractivity contribution in [1.29, 1.82) is 0 Å². The summed E-state index contributed by atoms with van der Waals surface area (Å²) in [6, 6.07) is 23.6. The topological polar surface area (TPSA) is 41.6 Å². The second-order valence-corrected chi connectivity index (χ2v) is 8.05. The minimum absolute atomic E-state index is 0.418. The third-order valence-corrected chi connectivity index (χ3v) is 5.60. The van der Waals surface area contributed by atoms with Crippen molar-refractivity contribution in [3.05, 3.63) is 94.5 Å². The van der Waals surface area contributed by atoms with E-state index in [1.165, 1.54) is 11.3 Å². The molecule has 3 aromatic rings. The number of carbonyl (C=O) groups is 1. The lowest BCUT2D eigenvalue weighted by atomic mass is 10.0. The first-order valence-electron chi connectivity index (χ1n) is 10.2. The molecule has 1 aliphatic rings. The van der Waals surface area contributed by atoms with Crippen molar-refractivity contribution in [1.82, 2.24) is 0 Å². The Kier molecular flexibility index (Phi) is 6.24. The fourth-order valence-electron chi connectivity index (χ4n) is 3.89. The summed E-state index contributed by atoms with van der Waals surface area (Å²) >= 11 is 6.07. The molecule has 0 bridgehead atoms. The highest BCUT2D eigenvalue weighted by Gasteiger charge is 2.24. The maximum absolute atomic E-state index is 12.7. The van der Waals surface area contributed by atoms with Crippen LogP contribution in [0.3, 0.4) is 0 Å². The van der Waals surface area contributed by atoms with E-state index in [-0.39, 0.29) is 0 Å². The van der Waals surface area contributed by atoms with Crippen molar-refractivity contribution in [2.24, 2.45) is 0 Å². The van der Waals surface area contributed by atoms with Crippen LogP contribution < -0.4 is 10.2 Å². The number of nitrogens with zero attached hydrogens (tertiary/aromatic N) is 1. The molecule has 0 saturated carbocycles. The molecule has 154 valence electrons. The van der Waals surface area contributed by atoms with Gasteiger partial charge in [-0.2, -0.15) is 0 Å². The monoisotopic (exact) mass is 420 g/mol. The van der Waals surface area contributed by atoms with Gasteiger partial charge in [-0.05, 0) is 66.8 Å². The number of para-hydroxylation sites is 1. The Hall–Kier alpha value is -2.98. The summed E-state index contributed by atoms with van der Waals surface area (Å²) in [6.07, 6.45) is 1.27. The molecular formula is C25H25ClN2O2. The Morgan fingerprint density at radius 2 is 1.90 bits per heavy atom. The number of hydrogen-bond donors (Lipinski definition) is 1. The zero-order valence-electron chi connectivity index (χ0n) is 17.0. The van der Waals surface area contributed by atoms with E-state index in [0.29, 0.717) is 11.6 Å². The summed E-state index contributed by atoms with van der Waals surface area (Å²) in [6.45, 7) is 3.50. The van der Waals surface area contributed by atoms with Gasteiger partial charge in [-0.1, -0.05) is 54.1 Å². The Morgan fingerprint density at radius 1 is 1.10 bits per heavy atom. The zero-order valence-corrected chi connectivity index (χ0v) is 17.7. The lowest BCUT2D eigenvalue weighted by molar-refractivity contribution is 0.114. The average molecular weight is 421 g/mol. The highest BCUT2D eigenvalue weighted by molar-refractivity contribution is 6.30. The summed E-state index contributed by atoms with van der Waals surface area (Å²) in [5, 5.41) is 3.50. The molecule has 0 fully saturated rings. The molecule has 0 aliphatic carbocycles. The van der Waals surface area contributed by atoms with Crippen LogP contribution in [0.2, 0.25) is 5.02 Å². The molecule has 3 aromatic carbocycles. The van der Waals surface area contributed by atoms with E-state index >= 15 is 0 Å². The molecule has 4 nitrogen and oxygen atoms in total. The van der Waals surface area contributed by atoms with E-state index in [1.807, 2.05) is 55.5 Å². The van der Waals surface area contributed by atoms with Gasteiger partial charge in [-0.3, -0.25) is 5.32 Å². The predicted octanol–water partition coefficient (Wildman–Crippen LogP) is 6.39. The molecule has 1 unspecified atom stereocenters. The van der Waals surface area contributed by atoms with Crippen LogP contribution in [0.25, 0.3) is 0 Å². The number of ether oxygens (including phenoxy) is 1. The molecule has 1 heterocycles. The second-order valence-electron chi connectivity index (χ2n) is 7.62. The van der Waals surface area contributed by atoms with Crippen LogP contribution in [-0.2, 0) is 11.2 Å². The van der Waals surface area contributed by atoms with Crippen LogP contribution in [0.1, 0.15) is 29.2 Å². The van der Waals surface area contributed by atoms with Crippen molar-refractivity contribution >= 4 is 29.1 Å². The number of anilines is 2. The Bertz CT molecular complexity index is 1020. The average Bonchev–Trinajstić information content (AvgIpc) is 2.74. The van der Waals surface area contributed by atoms with E-state index in [9.17, 15) is 4.79 Å². The summed E-state index contributed by atoms with van der Waals surface area (Å²) < 4.78 is 5.90. The fourth-order valence-corrected chi connectivity index (χ4v) is 4.01. The predicted molar refractivity (Wildman–Crippen MR) is 122 cm³/mol. The van der Waals surface area contributed by atoms with Crippen molar-refractivity contribution in [3.63, 3.8) is 0 Å². The van der Waals surface area contributed by atoms with Crippen molar-refractivity contribution in [2.75, 3.05) is 23.3 Å². The number of halogens is 1. The lowest BCUT2D eigenvalue weighted by Gasteiger charge is -2.34. The van der Waals surface area contributed by atoms with Crippen LogP contribution in [0.4, 0.5) is 16.2 Å². The molecule has 1 atom stereocenters. The third kappa shape index (κ3) is 4.95. The Morgan fingerprint density at radius 3 is 2.70 bits per heavy atom. The summed E-state index contributed by atoms with van der Waals surface area (Å²) in [7, 11) is 0. The minimum Gasteiger partial charge on any atom is -0.439 e. The number of rotatable bonds is 5. The number of nitrogens with one attached hydrogen (secondary N) is 1. The summed E-state index contributed by atoms with van der Waals surface area (Å²) in [5.74, 6) is 0. The van der Waals surface area contributed by atoms with E-state index in [2.05, 4.69) is 34.5 Å². The molecule has 5 heteroatoms. The van der Waals surface area contributed by atoms with Crippen molar-refractivity contribution in [3.8, 4) is 0 Å². The number of benzene rings is 3. The second kappa shape index (κ2) is 9.23. The maximum Gasteiger partial charge on any atom is 0.412 e. The minimum atomic E-state index is -0.467. The Balaban J connectivity index is 1.54. The highest BCUT2D eigenvalue weighted by Crippen LogP contribution is 2.30. The van der Waals surface area contributed by atoms with Gasteiger partial charge in [-0.25, -0.2) is 4.79 Å². The first-order chi connectivity index (χ1) is 14.6. The van der Waals surface area contributed by atoms with Gasteiger partial charge in [-0.15, -0.1) is 0 Å². The Labute approximate surface area is 182 Å². The number of hydrogen-bond acceptors (Lipinski definition) is 3. The number of carbonyl (C=O) groups excluding carboxylic acids is 1. The van der Waals surface area contributed by atoms with E-state index in [0.717, 1.165) is 36.2 Å². The number of amides is 1. The molecule has 30 heavy (non-hydrogen) atoms. The van der Waals surface area contributed by atoms with Crippen molar-refractivity contribution < 1.29 is 9.53 Å². The fraction of sp³-hybridized carbons (Fsp3) is 0.240. The highest BCUT2D eigenvalue weighted by atomic mass is 35.5. The van der Waals surface area contributed by atoms with Crippen LogP contribution >= 0.6 is 11.6 Å². The number of aryl methyl sites for hydroxylation is 2. The largest absolute Gasteiger partial charge is 0.439 e. The first kappa shape index (κ1) is 20.3. The van der Waals surface area contributed by atoms with Crippen LogP contribution in [0.15, 0.2) is 72.8 Å². The van der Waals surface area contributed by atoms with Gasteiger partial charge in [0, 0.05) is 22.9 Å². The molecule has 4 rings (SSSR count). The lowest BCUT2D eigenvalue weighted by Crippen LogP contribution is -2.35. The van der Waals surface area contributed by atoms with E-state index in [4.69, 9.17) is 16.3 Å². The van der Waals surface area contributed by atoms with Crippen LogP contribution in [0, 0.1) is 6.92 Å². The molecule has 0 spiro atoms. The molecule has 1 N–H and O–H groups in total. The normalized spacial score (nSPS) is 14.0. The maximum atomic E-state index is 12.7. The summed E-state index contributed by atoms with van der Waals surface area (Å²) in [5.41, 5.74) is 5.26. The van der Waals surface area contributed by atoms with Gasteiger partial charge in [0.1, 0.15) is 6.10 Å². The first-order valence-corrected chi connectivity index (χ1v) is 10.6. The van der Waals surface area contributed by atoms with Gasteiger partial charge < -0.3 is 9.64 Å². The van der Waals surface area contributed by atoms with E-state index < -0.39 is 12.2 Å². The SMILES string of the molecule is Cc1cccc(NC(=O)OC(CN2CCCc3ccccc32)c2ccc(Cl)cc2)c1. The molecule has 1 amide bonds. The zero-order chi connectivity index (χ0) is 20.9. The van der Waals surface area contributed by atoms with E-state index in [1.54, 1.807) is 0 Å². The molecular weight excluding hydrogens is 396 g/mol. The molecule has 0 aromatic heterocycles. The van der Waals surface area contributed by atoms with Crippen molar-refractivity contribution in [2.45, 2.75) is 25.9 Å². The quantitative estimate of drug-likeness (QED) is 0.519. The molecule has 0 saturated heterocycles. The van der Waals surface area contributed by atoms with Gasteiger partial charge in [0.05, 0.1) is 6.54 Å². The van der Waals surface area contributed by atoms with Gasteiger partial charge in [0.15, 0.2) is 0 Å². The van der Waals surface area contributed by atoms with Gasteiger partial charge >= 0.3 is 6.09 Å². The summed E-state index contributed by atoms with van der Waals surface area (Å²) in [4.78, 5) is 15.0. The smallest absolute Gasteiger partial charge is 0.412 e.